The molecule has 20 heavy (non-hydrogen) atoms. The van der Waals surface area contributed by atoms with Crippen molar-refractivity contribution in [2.75, 3.05) is 25.1 Å². The van der Waals surface area contributed by atoms with Gasteiger partial charge in [0.15, 0.2) is 0 Å². The number of anilines is 1. The number of rotatable bonds is 5. The molecule has 0 bridgehead atoms. The van der Waals surface area contributed by atoms with Gasteiger partial charge < -0.3 is 15.0 Å². The van der Waals surface area contributed by atoms with Crippen LogP contribution in [0.4, 0.5) is 5.82 Å². The molecule has 1 aromatic heterocycles. The minimum Gasteiger partial charge on any atom is -0.381 e. The van der Waals surface area contributed by atoms with Gasteiger partial charge in [0.05, 0.1) is 11.1 Å². The van der Waals surface area contributed by atoms with Gasteiger partial charge in [-0.2, -0.15) is 0 Å². The van der Waals surface area contributed by atoms with E-state index in [1.54, 1.807) is 13.3 Å². The lowest BCUT2D eigenvalue weighted by molar-refractivity contribution is 0.0818. The van der Waals surface area contributed by atoms with Crippen LogP contribution in [0, 0.1) is 0 Å². The maximum absolute atomic E-state index is 6.22. The van der Waals surface area contributed by atoms with Crippen LogP contribution in [0.25, 0.3) is 0 Å². The van der Waals surface area contributed by atoms with Crippen molar-refractivity contribution in [2.45, 2.75) is 45.4 Å². The molecule has 2 rings (SSSR count). The molecule has 2 heterocycles. The van der Waals surface area contributed by atoms with Crippen LogP contribution in [0.1, 0.15) is 32.3 Å². The van der Waals surface area contributed by atoms with Crippen LogP contribution in [0.15, 0.2) is 12.3 Å². The first-order valence-corrected chi connectivity index (χ1v) is 7.63. The first-order valence-electron chi connectivity index (χ1n) is 7.25. The second-order valence-corrected chi connectivity index (χ2v) is 6.00. The van der Waals surface area contributed by atoms with E-state index in [4.69, 9.17) is 16.3 Å². The molecule has 0 amide bonds. The molecule has 1 aliphatic rings. The summed E-state index contributed by atoms with van der Waals surface area (Å²) in [4.78, 5) is 6.78. The van der Waals surface area contributed by atoms with Gasteiger partial charge in [0.2, 0.25) is 0 Å². The highest BCUT2D eigenvalue weighted by molar-refractivity contribution is 6.31. The number of hydrogen-bond donors (Lipinski definition) is 1. The standard InChI is InChI=1S/C15H24ClN3O/c1-11(2)17-9-12-8-15(18-10-14(12)16)19-6-4-13(20-3)5-7-19/h8,10-11,13,17H,4-7,9H2,1-3H3. The number of ether oxygens (including phenoxy) is 1. The maximum Gasteiger partial charge on any atom is 0.128 e. The van der Waals surface area contributed by atoms with Gasteiger partial charge >= 0.3 is 0 Å². The van der Waals surface area contributed by atoms with Gasteiger partial charge in [-0.1, -0.05) is 25.4 Å². The molecule has 0 radical (unpaired) electrons. The molecule has 112 valence electrons. The average molecular weight is 298 g/mol. The predicted molar refractivity (Wildman–Crippen MR) is 83.5 cm³/mol. The number of hydrogen-bond acceptors (Lipinski definition) is 4. The topological polar surface area (TPSA) is 37.4 Å². The van der Waals surface area contributed by atoms with E-state index in [1.807, 2.05) is 0 Å². The molecule has 1 aliphatic heterocycles. The van der Waals surface area contributed by atoms with Crippen molar-refractivity contribution in [3.63, 3.8) is 0 Å². The van der Waals surface area contributed by atoms with Crippen molar-refractivity contribution in [1.82, 2.24) is 10.3 Å². The normalized spacial score (nSPS) is 16.9. The monoisotopic (exact) mass is 297 g/mol. The zero-order valence-corrected chi connectivity index (χ0v) is 13.3. The van der Waals surface area contributed by atoms with Crippen LogP contribution in [-0.2, 0) is 11.3 Å². The van der Waals surface area contributed by atoms with E-state index in [2.05, 4.69) is 35.1 Å². The highest BCUT2D eigenvalue weighted by Crippen LogP contribution is 2.23. The number of methoxy groups -OCH3 is 1. The van der Waals surface area contributed by atoms with Gasteiger partial charge in [-0.05, 0) is 24.5 Å². The van der Waals surface area contributed by atoms with E-state index in [9.17, 15) is 0 Å². The van der Waals surface area contributed by atoms with Gasteiger partial charge in [-0.15, -0.1) is 0 Å². The maximum atomic E-state index is 6.22. The average Bonchev–Trinajstić information content (AvgIpc) is 2.46. The van der Waals surface area contributed by atoms with Crippen LogP contribution in [0.5, 0.6) is 0 Å². The molecule has 0 aromatic carbocycles. The van der Waals surface area contributed by atoms with E-state index in [1.165, 1.54) is 0 Å². The third kappa shape index (κ3) is 4.08. The molecule has 0 spiro atoms. The van der Waals surface area contributed by atoms with E-state index < -0.39 is 0 Å². The van der Waals surface area contributed by atoms with Gasteiger partial charge in [0.1, 0.15) is 5.82 Å². The highest BCUT2D eigenvalue weighted by atomic mass is 35.5. The summed E-state index contributed by atoms with van der Waals surface area (Å²) in [6.07, 6.45) is 4.26. The SMILES string of the molecule is COC1CCN(c2cc(CNC(C)C)c(Cl)cn2)CC1. The Labute approximate surface area is 126 Å². The van der Waals surface area contributed by atoms with Gasteiger partial charge in [-0.25, -0.2) is 4.98 Å². The highest BCUT2D eigenvalue weighted by Gasteiger charge is 2.20. The Kier molecular flexibility index (Phi) is 5.64. The molecule has 1 fully saturated rings. The minimum atomic E-state index is 0.389. The van der Waals surface area contributed by atoms with Crippen LogP contribution >= 0.6 is 11.6 Å². The number of nitrogens with zero attached hydrogens (tertiary/aromatic N) is 2. The van der Waals surface area contributed by atoms with E-state index in [0.29, 0.717) is 12.1 Å². The summed E-state index contributed by atoms with van der Waals surface area (Å²) in [5.74, 6) is 1.02. The van der Waals surface area contributed by atoms with Crippen molar-refractivity contribution in [1.29, 1.82) is 0 Å². The molecule has 0 atom stereocenters. The van der Waals surface area contributed by atoms with Crippen LogP contribution in [0.3, 0.4) is 0 Å². The Morgan fingerprint density at radius 1 is 1.45 bits per heavy atom. The summed E-state index contributed by atoms with van der Waals surface area (Å²) in [7, 11) is 1.79. The molecule has 0 unspecified atom stereocenters. The Morgan fingerprint density at radius 3 is 2.75 bits per heavy atom. The Hall–Kier alpha value is -0.840. The first kappa shape index (κ1) is 15.5. The van der Waals surface area contributed by atoms with Crippen molar-refractivity contribution in [3.05, 3.63) is 22.8 Å². The number of pyridine rings is 1. The third-order valence-corrected chi connectivity index (χ3v) is 4.06. The smallest absolute Gasteiger partial charge is 0.128 e. The predicted octanol–water partition coefficient (Wildman–Crippen LogP) is 2.85. The fourth-order valence-electron chi connectivity index (χ4n) is 2.41. The fraction of sp³-hybridized carbons (Fsp3) is 0.667. The summed E-state index contributed by atoms with van der Waals surface area (Å²) < 4.78 is 5.40. The zero-order chi connectivity index (χ0) is 14.5. The number of aromatic nitrogens is 1. The number of halogens is 1. The van der Waals surface area contributed by atoms with Crippen molar-refractivity contribution >= 4 is 17.4 Å². The van der Waals surface area contributed by atoms with Gasteiger partial charge in [0, 0.05) is 39.0 Å². The van der Waals surface area contributed by atoms with Crippen molar-refractivity contribution in [2.24, 2.45) is 0 Å². The summed E-state index contributed by atoms with van der Waals surface area (Å²) in [6.45, 7) is 7.02. The third-order valence-electron chi connectivity index (χ3n) is 3.72. The van der Waals surface area contributed by atoms with Crippen LogP contribution < -0.4 is 10.2 Å². The summed E-state index contributed by atoms with van der Waals surface area (Å²) in [5.41, 5.74) is 1.11. The Morgan fingerprint density at radius 2 is 2.15 bits per heavy atom. The summed E-state index contributed by atoms with van der Waals surface area (Å²) in [6, 6.07) is 2.55. The molecular formula is C15H24ClN3O. The lowest BCUT2D eigenvalue weighted by Crippen LogP contribution is -2.37. The minimum absolute atomic E-state index is 0.389. The second kappa shape index (κ2) is 7.25. The summed E-state index contributed by atoms with van der Waals surface area (Å²) >= 11 is 6.22. The lowest BCUT2D eigenvalue weighted by atomic mass is 10.1. The van der Waals surface area contributed by atoms with Crippen molar-refractivity contribution in [3.8, 4) is 0 Å². The molecule has 4 nitrogen and oxygen atoms in total. The van der Waals surface area contributed by atoms with E-state index in [0.717, 1.165) is 48.9 Å². The van der Waals surface area contributed by atoms with Crippen LogP contribution in [0.2, 0.25) is 5.02 Å². The van der Waals surface area contributed by atoms with Crippen LogP contribution in [-0.4, -0.2) is 37.3 Å². The Balaban J connectivity index is 2.03. The molecule has 0 saturated carbocycles. The van der Waals surface area contributed by atoms with Gasteiger partial charge in [-0.3, -0.25) is 0 Å². The zero-order valence-electron chi connectivity index (χ0n) is 12.5. The molecule has 5 heteroatoms. The largest absolute Gasteiger partial charge is 0.381 e. The van der Waals surface area contributed by atoms with E-state index in [-0.39, 0.29) is 0 Å². The second-order valence-electron chi connectivity index (χ2n) is 5.59. The summed E-state index contributed by atoms with van der Waals surface area (Å²) in [5, 5.41) is 4.13. The first-order chi connectivity index (χ1) is 9.60. The Bertz CT molecular complexity index is 431. The number of piperidine rings is 1. The molecule has 0 aliphatic carbocycles. The number of nitrogens with one attached hydrogen (secondary N) is 1. The molecular weight excluding hydrogens is 274 g/mol. The fourth-order valence-corrected chi connectivity index (χ4v) is 2.58. The molecule has 1 saturated heterocycles. The molecule has 1 aromatic rings. The van der Waals surface area contributed by atoms with Crippen molar-refractivity contribution < 1.29 is 4.74 Å². The lowest BCUT2D eigenvalue weighted by Gasteiger charge is -2.32. The van der Waals surface area contributed by atoms with Gasteiger partial charge in [0.25, 0.3) is 0 Å². The quantitative estimate of drug-likeness (QED) is 0.907. The van der Waals surface area contributed by atoms with E-state index >= 15 is 0 Å². The molecule has 1 N–H and O–H groups in total.